The van der Waals surface area contributed by atoms with E-state index in [1.54, 1.807) is 14.2 Å². The molecule has 0 fully saturated rings. The molecule has 0 aliphatic heterocycles. The van der Waals surface area contributed by atoms with Crippen molar-refractivity contribution in [3.8, 4) is 11.5 Å². The van der Waals surface area contributed by atoms with E-state index < -0.39 is 0 Å². The van der Waals surface area contributed by atoms with E-state index in [4.69, 9.17) is 15.2 Å². The van der Waals surface area contributed by atoms with Crippen molar-refractivity contribution in [1.82, 2.24) is 9.55 Å². The van der Waals surface area contributed by atoms with E-state index in [2.05, 4.69) is 16.5 Å². The highest BCUT2D eigenvalue weighted by Gasteiger charge is 2.14. The topological polar surface area (TPSA) is 62.3 Å². The van der Waals surface area contributed by atoms with Crippen LogP contribution in [0.2, 0.25) is 0 Å². The Morgan fingerprint density at radius 1 is 1.20 bits per heavy atom. The number of benzene rings is 1. The summed E-state index contributed by atoms with van der Waals surface area (Å²) in [5.41, 5.74) is 7.70. The number of fused-ring (bicyclic) bond motifs is 1. The van der Waals surface area contributed by atoms with Crippen molar-refractivity contribution in [3.63, 3.8) is 0 Å². The molecule has 0 atom stereocenters. The number of nitrogens with zero attached hydrogens (tertiary/aromatic N) is 2. The van der Waals surface area contributed by atoms with E-state index in [0.717, 1.165) is 48.4 Å². The molecule has 1 heterocycles. The lowest BCUT2D eigenvalue weighted by atomic mass is 10.2. The highest BCUT2D eigenvalue weighted by molar-refractivity contribution is 5.80. The molecule has 2 aromatic rings. The summed E-state index contributed by atoms with van der Waals surface area (Å²) in [4.78, 5) is 4.69. The molecule has 5 nitrogen and oxygen atoms in total. The number of ether oxygens (including phenoxy) is 2. The lowest BCUT2D eigenvalue weighted by Crippen LogP contribution is -2.10. The molecule has 0 spiro atoms. The average Bonchev–Trinajstić information content (AvgIpc) is 2.80. The zero-order valence-corrected chi connectivity index (χ0v) is 12.5. The third-order valence-electron chi connectivity index (χ3n) is 3.44. The van der Waals surface area contributed by atoms with Crippen molar-refractivity contribution in [2.24, 2.45) is 5.73 Å². The first-order chi connectivity index (χ1) is 9.74. The first-order valence-electron chi connectivity index (χ1n) is 7.06. The molecule has 20 heavy (non-hydrogen) atoms. The second kappa shape index (κ2) is 6.61. The number of unbranched alkanes of at least 4 members (excludes halogenated alkanes) is 1. The molecule has 0 aliphatic rings. The maximum atomic E-state index is 5.69. The lowest BCUT2D eigenvalue weighted by molar-refractivity contribution is 0.355. The second-order valence-corrected chi connectivity index (χ2v) is 4.77. The van der Waals surface area contributed by atoms with Gasteiger partial charge in [0.2, 0.25) is 0 Å². The molecule has 110 valence electrons. The van der Waals surface area contributed by atoms with Crippen LogP contribution in [-0.2, 0) is 13.0 Å². The summed E-state index contributed by atoms with van der Waals surface area (Å²) in [5, 5.41) is 0. The van der Waals surface area contributed by atoms with Gasteiger partial charge in [-0.05, 0) is 13.0 Å². The van der Waals surface area contributed by atoms with Crippen LogP contribution in [0.4, 0.5) is 0 Å². The highest BCUT2D eigenvalue weighted by atomic mass is 16.5. The molecule has 0 saturated carbocycles. The summed E-state index contributed by atoms with van der Waals surface area (Å²) in [7, 11) is 3.29. The molecular weight excluding hydrogens is 254 g/mol. The normalized spacial score (nSPS) is 11.0. The summed E-state index contributed by atoms with van der Waals surface area (Å²) in [6.45, 7) is 3.74. The molecule has 0 unspecified atom stereocenters. The van der Waals surface area contributed by atoms with Crippen molar-refractivity contribution >= 4 is 11.0 Å². The van der Waals surface area contributed by atoms with Gasteiger partial charge in [-0.25, -0.2) is 4.98 Å². The van der Waals surface area contributed by atoms with Crippen molar-refractivity contribution in [1.29, 1.82) is 0 Å². The molecule has 0 amide bonds. The minimum absolute atomic E-state index is 0.601. The molecule has 2 N–H and O–H groups in total. The fourth-order valence-corrected chi connectivity index (χ4v) is 2.39. The standard InChI is InChI=1S/C15H23N3O2/c1-4-5-8-18-12-10-14(20-3)13(19-2)9-11(12)17-15(18)6-7-16/h9-10H,4-8,16H2,1-3H3. The van der Waals surface area contributed by atoms with Crippen molar-refractivity contribution in [3.05, 3.63) is 18.0 Å². The van der Waals surface area contributed by atoms with Gasteiger partial charge in [-0.1, -0.05) is 13.3 Å². The molecule has 2 rings (SSSR count). The van der Waals surface area contributed by atoms with Crippen LogP contribution in [-0.4, -0.2) is 30.3 Å². The van der Waals surface area contributed by atoms with Crippen LogP contribution in [0.25, 0.3) is 11.0 Å². The van der Waals surface area contributed by atoms with Gasteiger partial charge in [-0.2, -0.15) is 0 Å². The molecule has 5 heteroatoms. The summed E-state index contributed by atoms with van der Waals surface area (Å²) >= 11 is 0. The van der Waals surface area contributed by atoms with Crippen molar-refractivity contribution < 1.29 is 9.47 Å². The van der Waals surface area contributed by atoms with E-state index in [9.17, 15) is 0 Å². The SMILES string of the molecule is CCCCn1c(CCN)nc2cc(OC)c(OC)cc21. The third kappa shape index (κ3) is 2.72. The Kier molecular flexibility index (Phi) is 4.84. The van der Waals surface area contributed by atoms with Crippen LogP contribution in [0.5, 0.6) is 11.5 Å². The summed E-state index contributed by atoms with van der Waals surface area (Å²) in [6, 6.07) is 3.92. The smallest absolute Gasteiger partial charge is 0.163 e. The number of imidazole rings is 1. The fourth-order valence-electron chi connectivity index (χ4n) is 2.39. The van der Waals surface area contributed by atoms with Crippen LogP contribution < -0.4 is 15.2 Å². The molecule has 0 bridgehead atoms. The number of hydrogen-bond acceptors (Lipinski definition) is 4. The van der Waals surface area contributed by atoms with E-state index in [1.165, 1.54) is 0 Å². The summed E-state index contributed by atoms with van der Waals surface area (Å²) in [5.74, 6) is 2.47. The van der Waals surface area contributed by atoms with E-state index >= 15 is 0 Å². The van der Waals surface area contributed by atoms with Gasteiger partial charge in [-0.15, -0.1) is 0 Å². The number of aromatic nitrogens is 2. The van der Waals surface area contributed by atoms with E-state index in [1.807, 2.05) is 12.1 Å². The molecule has 0 aliphatic carbocycles. The molecule has 0 saturated heterocycles. The first-order valence-corrected chi connectivity index (χ1v) is 7.06. The molecule has 1 aromatic heterocycles. The number of methoxy groups -OCH3 is 2. The average molecular weight is 277 g/mol. The van der Waals surface area contributed by atoms with Gasteiger partial charge in [0, 0.05) is 25.1 Å². The van der Waals surface area contributed by atoms with Gasteiger partial charge in [0.15, 0.2) is 11.5 Å². The van der Waals surface area contributed by atoms with Gasteiger partial charge in [0.25, 0.3) is 0 Å². The third-order valence-corrected chi connectivity index (χ3v) is 3.44. The van der Waals surface area contributed by atoms with Gasteiger partial charge < -0.3 is 19.8 Å². The predicted molar refractivity (Wildman–Crippen MR) is 80.5 cm³/mol. The summed E-state index contributed by atoms with van der Waals surface area (Å²) < 4.78 is 13.0. The monoisotopic (exact) mass is 277 g/mol. The molecular formula is C15H23N3O2. The molecule has 0 radical (unpaired) electrons. The number of rotatable bonds is 7. The van der Waals surface area contributed by atoms with Crippen molar-refractivity contribution in [2.45, 2.75) is 32.7 Å². The largest absolute Gasteiger partial charge is 0.493 e. The Balaban J connectivity index is 2.55. The zero-order chi connectivity index (χ0) is 14.5. The predicted octanol–water partition coefficient (Wildman–Crippen LogP) is 2.35. The maximum absolute atomic E-state index is 5.69. The second-order valence-electron chi connectivity index (χ2n) is 4.77. The maximum Gasteiger partial charge on any atom is 0.163 e. The first kappa shape index (κ1) is 14.7. The van der Waals surface area contributed by atoms with Gasteiger partial charge in [-0.3, -0.25) is 0 Å². The molecule has 1 aromatic carbocycles. The van der Waals surface area contributed by atoms with Crippen LogP contribution in [0.3, 0.4) is 0 Å². The lowest BCUT2D eigenvalue weighted by Gasteiger charge is -2.10. The van der Waals surface area contributed by atoms with Crippen molar-refractivity contribution in [2.75, 3.05) is 20.8 Å². The fraction of sp³-hybridized carbons (Fsp3) is 0.533. The number of aryl methyl sites for hydroxylation is 1. The van der Waals surface area contributed by atoms with Crippen LogP contribution in [0.1, 0.15) is 25.6 Å². The van der Waals surface area contributed by atoms with Crippen LogP contribution >= 0.6 is 0 Å². The highest BCUT2D eigenvalue weighted by Crippen LogP contribution is 2.32. The van der Waals surface area contributed by atoms with E-state index in [-0.39, 0.29) is 0 Å². The van der Waals surface area contributed by atoms with Gasteiger partial charge >= 0.3 is 0 Å². The summed E-state index contributed by atoms with van der Waals surface area (Å²) in [6.07, 6.45) is 3.05. The Labute approximate surface area is 119 Å². The number of hydrogen-bond donors (Lipinski definition) is 1. The minimum atomic E-state index is 0.601. The van der Waals surface area contributed by atoms with Gasteiger partial charge in [0.05, 0.1) is 25.3 Å². The van der Waals surface area contributed by atoms with E-state index in [0.29, 0.717) is 12.3 Å². The quantitative estimate of drug-likeness (QED) is 0.844. The Morgan fingerprint density at radius 2 is 1.90 bits per heavy atom. The Bertz CT molecular complexity index is 578. The minimum Gasteiger partial charge on any atom is -0.493 e. The van der Waals surface area contributed by atoms with Crippen LogP contribution in [0.15, 0.2) is 12.1 Å². The van der Waals surface area contributed by atoms with Crippen LogP contribution in [0, 0.1) is 0 Å². The Hall–Kier alpha value is -1.75. The van der Waals surface area contributed by atoms with Gasteiger partial charge in [0.1, 0.15) is 5.82 Å². The number of nitrogens with two attached hydrogens (primary N) is 1. The zero-order valence-electron chi connectivity index (χ0n) is 12.5. The Morgan fingerprint density at radius 3 is 2.50 bits per heavy atom.